The van der Waals surface area contributed by atoms with E-state index < -0.39 is 0 Å². The number of hydrazone groups is 1. The number of aliphatic imine (C=N–C) groups is 1. The van der Waals surface area contributed by atoms with Crippen LogP contribution in [0.25, 0.3) is 0 Å². The third-order valence-electron chi connectivity index (χ3n) is 5.23. The summed E-state index contributed by atoms with van der Waals surface area (Å²) in [6, 6.07) is 0. The molecular formula is C19H34N4. The Morgan fingerprint density at radius 1 is 1.00 bits per heavy atom. The zero-order valence-electron chi connectivity index (χ0n) is 16.4. The molecular weight excluding hydrogens is 284 g/mol. The highest BCUT2D eigenvalue weighted by atomic mass is 15.7. The minimum atomic E-state index is -0.341. The van der Waals surface area contributed by atoms with Crippen molar-refractivity contribution in [2.45, 2.75) is 73.9 Å². The number of hydrazine groups is 1. The fourth-order valence-corrected chi connectivity index (χ4v) is 3.19. The van der Waals surface area contributed by atoms with Crippen LogP contribution < -0.4 is 5.43 Å². The molecule has 0 bridgehead atoms. The molecule has 0 radical (unpaired) electrons. The maximum absolute atomic E-state index is 5.02. The number of nitrogens with one attached hydrogen (secondary N) is 1. The van der Waals surface area contributed by atoms with E-state index in [2.05, 4.69) is 73.0 Å². The molecule has 130 valence electrons. The third kappa shape index (κ3) is 4.03. The van der Waals surface area contributed by atoms with Crippen LogP contribution in [0.3, 0.4) is 0 Å². The Hall–Kier alpha value is -1.16. The lowest BCUT2D eigenvalue weighted by molar-refractivity contribution is 0.160. The summed E-state index contributed by atoms with van der Waals surface area (Å²) in [5.74, 6) is 0. The number of rotatable bonds is 0. The molecule has 0 saturated carbocycles. The van der Waals surface area contributed by atoms with Gasteiger partial charge in [-0.1, -0.05) is 53.7 Å². The van der Waals surface area contributed by atoms with E-state index in [-0.39, 0.29) is 21.9 Å². The average Bonchev–Trinajstić information content (AvgIpc) is 2.40. The molecule has 0 aromatic rings. The molecule has 1 atom stereocenters. The van der Waals surface area contributed by atoms with E-state index in [1.165, 1.54) is 0 Å². The summed E-state index contributed by atoms with van der Waals surface area (Å²) in [6.45, 7) is 18.0. The van der Waals surface area contributed by atoms with Crippen LogP contribution >= 0.6 is 0 Å². The first-order valence-electron chi connectivity index (χ1n) is 8.62. The molecule has 0 saturated heterocycles. The second-order valence-electron chi connectivity index (χ2n) is 9.64. The van der Waals surface area contributed by atoms with Crippen molar-refractivity contribution in [3.05, 3.63) is 12.2 Å². The van der Waals surface area contributed by atoms with Crippen LogP contribution in [0.2, 0.25) is 0 Å². The highest BCUT2D eigenvalue weighted by Crippen LogP contribution is 2.46. The van der Waals surface area contributed by atoms with E-state index in [1.807, 2.05) is 12.2 Å². The van der Waals surface area contributed by atoms with E-state index in [9.17, 15) is 0 Å². The molecule has 2 aliphatic rings. The lowest BCUT2D eigenvalue weighted by atomic mass is 9.62. The fraction of sp³-hybridized carbons (Fsp3) is 0.789. The van der Waals surface area contributed by atoms with E-state index >= 15 is 0 Å². The van der Waals surface area contributed by atoms with E-state index in [0.29, 0.717) is 0 Å². The zero-order valence-corrected chi connectivity index (χ0v) is 16.4. The van der Waals surface area contributed by atoms with Gasteiger partial charge in [0.25, 0.3) is 0 Å². The van der Waals surface area contributed by atoms with Crippen molar-refractivity contribution in [1.82, 2.24) is 10.5 Å². The van der Waals surface area contributed by atoms with Gasteiger partial charge in [0.1, 0.15) is 5.66 Å². The summed E-state index contributed by atoms with van der Waals surface area (Å²) in [4.78, 5) is 5.02. The molecule has 4 heteroatoms. The molecule has 1 aliphatic carbocycles. The summed E-state index contributed by atoms with van der Waals surface area (Å²) < 4.78 is 0. The molecule has 0 aromatic heterocycles. The second-order valence-corrected chi connectivity index (χ2v) is 9.64. The van der Waals surface area contributed by atoms with Crippen molar-refractivity contribution in [2.24, 2.45) is 26.3 Å². The first-order valence-corrected chi connectivity index (χ1v) is 8.62. The van der Waals surface area contributed by atoms with E-state index in [0.717, 1.165) is 24.3 Å². The Balaban J connectivity index is 2.60. The number of fused-ring (bicyclic) bond motifs is 1. The first-order chi connectivity index (χ1) is 10.2. The largest absolute Gasteiger partial charge is 0.264 e. The van der Waals surface area contributed by atoms with Crippen molar-refractivity contribution in [3.8, 4) is 0 Å². The van der Waals surface area contributed by atoms with Gasteiger partial charge in [0.2, 0.25) is 0 Å². The molecule has 4 nitrogen and oxygen atoms in total. The van der Waals surface area contributed by atoms with Crippen LogP contribution in [0.5, 0.6) is 0 Å². The molecule has 1 N–H and O–H groups in total. The summed E-state index contributed by atoms with van der Waals surface area (Å²) in [5.41, 5.74) is 5.52. The van der Waals surface area contributed by atoms with Crippen LogP contribution in [0, 0.1) is 16.2 Å². The summed E-state index contributed by atoms with van der Waals surface area (Å²) in [5, 5.41) is 6.67. The molecule has 2 rings (SSSR count). The number of allylic oxidation sites excluding steroid dienone is 2. The van der Waals surface area contributed by atoms with Crippen LogP contribution in [0.15, 0.2) is 22.2 Å². The Morgan fingerprint density at radius 2 is 1.61 bits per heavy atom. The maximum Gasteiger partial charge on any atom is 0.123 e. The highest BCUT2D eigenvalue weighted by Gasteiger charge is 2.41. The summed E-state index contributed by atoms with van der Waals surface area (Å²) in [7, 11) is 1.96. The Bertz CT molecular complexity index is 560. The number of hydrogen-bond donors (Lipinski definition) is 1. The van der Waals surface area contributed by atoms with Gasteiger partial charge < -0.3 is 0 Å². The van der Waals surface area contributed by atoms with Gasteiger partial charge in [-0.3, -0.25) is 4.99 Å². The Labute approximate surface area is 142 Å². The zero-order chi connectivity index (χ0) is 17.7. The highest BCUT2D eigenvalue weighted by molar-refractivity contribution is 6.42. The lowest BCUT2D eigenvalue weighted by Gasteiger charge is -2.42. The van der Waals surface area contributed by atoms with Crippen LogP contribution in [0.1, 0.15) is 68.2 Å². The van der Waals surface area contributed by atoms with E-state index in [4.69, 9.17) is 10.1 Å². The SMILES string of the molecule is CN1N=C2CC(C)(C(C)(C)C)C=CC(C)(C)CC2=NC(C)(C)N1. The van der Waals surface area contributed by atoms with E-state index in [1.54, 1.807) is 0 Å². The smallest absolute Gasteiger partial charge is 0.123 e. The van der Waals surface area contributed by atoms with Gasteiger partial charge >= 0.3 is 0 Å². The molecule has 0 amide bonds. The van der Waals surface area contributed by atoms with Crippen molar-refractivity contribution in [2.75, 3.05) is 7.05 Å². The number of nitrogens with zero attached hydrogens (tertiary/aromatic N) is 3. The van der Waals surface area contributed by atoms with Gasteiger partial charge in [-0.05, 0) is 36.5 Å². The minimum absolute atomic E-state index is 0.0413. The topological polar surface area (TPSA) is 40.0 Å². The lowest BCUT2D eigenvalue weighted by Crippen LogP contribution is -2.44. The number of hydrogen-bond acceptors (Lipinski definition) is 4. The summed E-state index contributed by atoms with van der Waals surface area (Å²) in [6.07, 6.45) is 6.62. The van der Waals surface area contributed by atoms with Crippen LogP contribution in [0.4, 0.5) is 0 Å². The molecule has 0 aromatic carbocycles. The third-order valence-corrected chi connectivity index (χ3v) is 5.23. The van der Waals surface area contributed by atoms with Crippen LogP contribution in [-0.2, 0) is 0 Å². The molecule has 0 fully saturated rings. The molecule has 0 spiro atoms. The minimum Gasteiger partial charge on any atom is -0.264 e. The molecule has 23 heavy (non-hydrogen) atoms. The van der Waals surface area contributed by atoms with Crippen molar-refractivity contribution < 1.29 is 0 Å². The van der Waals surface area contributed by atoms with Gasteiger partial charge in [-0.2, -0.15) is 10.5 Å². The monoisotopic (exact) mass is 318 g/mol. The van der Waals surface area contributed by atoms with Gasteiger partial charge in [0, 0.05) is 13.5 Å². The van der Waals surface area contributed by atoms with Crippen molar-refractivity contribution in [1.29, 1.82) is 0 Å². The Morgan fingerprint density at radius 3 is 2.17 bits per heavy atom. The first kappa shape index (κ1) is 18.2. The maximum atomic E-state index is 5.02. The van der Waals surface area contributed by atoms with Gasteiger partial charge in [0.15, 0.2) is 0 Å². The molecule has 1 unspecified atom stereocenters. The van der Waals surface area contributed by atoms with Crippen molar-refractivity contribution in [3.63, 3.8) is 0 Å². The molecule has 1 heterocycles. The van der Waals surface area contributed by atoms with Gasteiger partial charge in [-0.15, -0.1) is 0 Å². The predicted octanol–water partition coefficient (Wildman–Crippen LogP) is 4.40. The van der Waals surface area contributed by atoms with Gasteiger partial charge in [0.05, 0.1) is 11.4 Å². The predicted molar refractivity (Wildman–Crippen MR) is 99.6 cm³/mol. The fourth-order valence-electron chi connectivity index (χ4n) is 3.19. The standard InChI is InChI=1S/C19H34N4/c1-16(2,3)19(8)11-10-17(4,5)12-14-15(13-19)21-23(9)22-18(6,7)20-14/h10-11,22H,12-13H2,1-9H3. The quantitative estimate of drug-likeness (QED) is 0.673. The molecule has 1 aliphatic heterocycles. The Kier molecular flexibility index (Phi) is 4.30. The second kappa shape index (κ2) is 5.44. The summed E-state index contributed by atoms with van der Waals surface area (Å²) >= 11 is 0. The average molecular weight is 319 g/mol. The van der Waals surface area contributed by atoms with Gasteiger partial charge in [-0.25, -0.2) is 5.12 Å². The van der Waals surface area contributed by atoms with Crippen LogP contribution in [-0.4, -0.2) is 29.3 Å². The van der Waals surface area contributed by atoms with Crippen molar-refractivity contribution >= 4 is 11.4 Å². The normalized spacial score (nSPS) is 30.6.